The molecule has 0 bridgehead atoms. The zero-order chi connectivity index (χ0) is 3.54. The van der Waals surface area contributed by atoms with Crippen LogP contribution in [-0.4, -0.2) is 30.3 Å². The molecule has 28 valence electrons. The van der Waals surface area contributed by atoms with Crippen molar-refractivity contribution in [3.63, 3.8) is 0 Å². The van der Waals surface area contributed by atoms with Gasteiger partial charge in [0.05, 0.1) is 0 Å². The number of nitrogens with one attached hydrogen (secondary N) is 1. The standard InChI is InChI=1S/C2H3NSe2/c1-2-5-3-4-1/h1-3H. The van der Waals surface area contributed by atoms with Crippen molar-refractivity contribution in [1.82, 2.24) is 3.35 Å². The molecule has 0 aromatic carbocycles. The summed E-state index contributed by atoms with van der Waals surface area (Å²) >= 11 is 1.33. The van der Waals surface area contributed by atoms with Gasteiger partial charge < -0.3 is 0 Å². The molecule has 0 saturated heterocycles. The summed E-state index contributed by atoms with van der Waals surface area (Å²) in [5.74, 6) is 0. The molecular weight excluding hydrogens is 196 g/mol. The molecule has 0 aromatic rings. The van der Waals surface area contributed by atoms with Gasteiger partial charge in [-0.1, -0.05) is 0 Å². The van der Waals surface area contributed by atoms with Gasteiger partial charge in [-0.15, -0.1) is 0 Å². The Morgan fingerprint density at radius 3 is 2.00 bits per heavy atom. The van der Waals surface area contributed by atoms with E-state index in [0.29, 0.717) is 30.3 Å². The average Bonchev–Trinajstić information content (AvgIpc) is 1.76. The predicted molar refractivity (Wildman–Crippen MR) is 23.8 cm³/mol. The van der Waals surface area contributed by atoms with Crippen molar-refractivity contribution in [3.8, 4) is 0 Å². The molecule has 0 unspecified atom stereocenters. The van der Waals surface area contributed by atoms with Gasteiger partial charge in [0.15, 0.2) is 0 Å². The van der Waals surface area contributed by atoms with Crippen molar-refractivity contribution in [2.24, 2.45) is 0 Å². The van der Waals surface area contributed by atoms with Crippen LogP contribution in [0.25, 0.3) is 0 Å². The summed E-state index contributed by atoms with van der Waals surface area (Å²) in [5.41, 5.74) is 0. The summed E-state index contributed by atoms with van der Waals surface area (Å²) in [6.07, 6.45) is 0. The van der Waals surface area contributed by atoms with Crippen LogP contribution in [0.1, 0.15) is 0 Å². The Bertz CT molecular complexity index is 45.6. The van der Waals surface area contributed by atoms with Crippen molar-refractivity contribution in [2.75, 3.05) is 0 Å². The minimum absolute atomic E-state index is 0.667. The normalized spacial score (nSPS) is 20.8. The van der Waals surface area contributed by atoms with Crippen LogP contribution >= 0.6 is 0 Å². The third-order valence-corrected chi connectivity index (χ3v) is 4.81. The molecule has 1 rings (SSSR count). The third-order valence-electron chi connectivity index (χ3n) is 0.288. The van der Waals surface area contributed by atoms with Gasteiger partial charge in [-0.05, 0) is 0 Å². The minimum atomic E-state index is 0.667. The Labute approximate surface area is 43.9 Å². The van der Waals surface area contributed by atoms with Gasteiger partial charge in [-0.2, -0.15) is 0 Å². The van der Waals surface area contributed by atoms with E-state index in [1.165, 1.54) is 0 Å². The maximum atomic E-state index is 3.24. The fourth-order valence-electron chi connectivity index (χ4n) is 0.139. The van der Waals surface area contributed by atoms with E-state index in [0.717, 1.165) is 0 Å². The maximum absolute atomic E-state index is 3.24. The van der Waals surface area contributed by atoms with Gasteiger partial charge in [-0.25, -0.2) is 0 Å². The van der Waals surface area contributed by atoms with Crippen LogP contribution in [-0.2, 0) is 0 Å². The van der Waals surface area contributed by atoms with Gasteiger partial charge >= 0.3 is 43.6 Å². The second kappa shape index (κ2) is 2.01. The van der Waals surface area contributed by atoms with Crippen LogP contribution in [0.15, 0.2) is 9.95 Å². The fourth-order valence-corrected chi connectivity index (χ4v) is 3.75. The SMILES string of the molecule is C1=C[Se]N[Se]1. The van der Waals surface area contributed by atoms with Crippen LogP contribution < -0.4 is 3.35 Å². The van der Waals surface area contributed by atoms with E-state index < -0.39 is 0 Å². The molecule has 0 saturated carbocycles. The predicted octanol–water partition coefficient (Wildman–Crippen LogP) is -0.701. The molecule has 1 N–H and O–H groups in total. The van der Waals surface area contributed by atoms with Crippen molar-refractivity contribution in [2.45, 2.75) is 0 Å². The molecule has 3 heteroatoms. The monoisotopic (exact) mass is 201 g/mol. The van der Waals surface area contributed by atoms with E-state index in [4.69, 9.17) is 0 Å². The molecule has 1 aliphatic heterocycles. The zero-order valence-corrected chi connectivity index (χ0v) is 5.90. The molecule has 0 aliphatic carbocycles. The van der Waals surface area contributed by atoms with Gasteiger partial charge in [0.1, 0.15) is 0 Å². The molecule has 0 radical (unpaired) electrons. The van der Waals surface area contributed by atoms with E-state index >= 15 is 0 Å². The van der Waals surface area contributed by atoms with E-state index in [1.807, 2.05) is 0 Å². The summed E-state index contributed by atoms with van der Waals surface area (Å²) < 4.78 is 3.24. The Morgan fingerprint density at radius 1 is 1.20 bits per heavy atom. The van der Waals surface area contributed by atoms with Crippen LogP contribution in [0, 0.1) is 0 Å². The van der Waals surface area contributed by atoms with Crippen molar-refractivity contribution in [3.05, 3.63) is 9.95 Å². The Kier molecular flexibility index (Phi) is 1.57. The Morgan fingerprint density at radius 2 is 1.80 bits per heavy atom. The summed E-state index contributed by atoms with van der Waals surface area (Å²) in [5, 5.41) is 0. The first-order valence-electron chi connectivity index (χ1n) is 1.21. The molecule has 1 heterocycles. The van der Waals surface area contributed by atoms with Crippen LogP contribution in [0.5, 0.6) is 0 Å². The summed E-state index contributed by atoms with van der Waals surface area (Å²) in [6.45, 7) is 0. The number of rotatable bonds is 0. The van der Waals surface area contributed by atoms with E-state index in [-0.39, 0.29) is 0 Å². The Hall–Kier alpha value is 0.739. The van der Waals surface area contributed by atoms with Crippen LogP contribution in [0.2, 0.25) is 0 Å². The molecule has 5 heavy (non-hydrogen) atoms. The molecule has 0 spiro atoms. The van der Waals surface area contributed by atoms with Gasteiger partial charge in [0.25, 0.3) is 0 Å². The van der Waals surface area contributed by atoms with Crippen LogP contribution in [0.4, 0.5) is 0 Å². The number of hydrogen-bond donors (Lipinski definition) is 1. The molecule has 1 aliphatic rings. The zero-order valence-electron chi connectivity index (χ0n) is 2.47. The summed E-state index contributed by atoms with van der Waals surface area (Å²) in [6, 6.07) is 0. The second-order valence-corrected chi connectivity index (χ2v) is 4.89. The molecule has 1 nitrogen and oxygen atoms in total. The quantitative estimate of drug-likeness (QED) is 0.508. The molecule has 0 amide bonds. The summed E-state index contributed by atoms with van der Waals surface area (Å²) in [7, 11) is 0. The molecule has 0 atom stereocenters. The van der Waals surface area contributed by atoms with E-state index in [1.54, 1.807) is 0 Å². The molecule has 0 fully saturated rings. The first-order valence-corrected chi connectivity index (χ1v) is 4.90. The topological polar surface area (TPSA) is 12.0 Å². The van der Waals surface area contributed by atoms with Gasteiger partial charge in [0, 0.05) is 0 Å². The molecular formula is C2H3NSe2. The number of hydrogen-bond acceptors (Lipinski definition) is 1. The Balaban J connectivity index is 2.32. The van der Waals surface area contributed by atoms with Gasteiger partial charge in [-0.3, -0.25) is 0 Å². The first-order chi connectivity index (χ1) is 2.50. The van der Waals surface area contributed by atoms with E-state index in [2.05, 4.69) is 13.3 Å². The summed E-state index contributed by atoms with van der Waals surface area (Å²) in [4.78, 5) is 4.43. The van der Waals surface area contributed by atoms with Gasteiger partial charge in [0.2, 0.25) is 0 Å². The second-order valence-electron chi connectivity index (χ2n) is 0.591. The first kappa shape index (κ1) is 3.91. The average molecular weight is 199 g/mol. The van der Waals surface area contributed by atoms with Crippen LogP contribution in [0.3, 0.4) is 0 Å². The van der Waals surface area contributed by atoms with Crippen molar-refractivity contribution in [1.29, 1.82) is 0 Å². The third kappa shape index (κ3) is 1.08. The molecule has 0 aromatic heterocycles. The van der Waals surface area contributed by atoms with E-state index in [9.17, 15) is 0 Å². The van der Waals surface area contributed by atoms with Crippen molar-refractivity contribution < 1.29 is 0 Å². The fraction of sp³-hybridized carbons (Fsp3) is 0. The van der Waals surface area contributed by atoms with Crippen molar-refractivity contribution >= 4 is 30.3 Å².